The number of ether oxygens (including phenoxy) is 2. The predicted molar refractivity (Wildman–Crippen MR) is 207 cm³/mol. The van der Waals surface area contributed by atoms with Gasteiger partial charge in [0.2, 0.25) is 0 Å². The maximum Gasteiger partial charge on any atom is 0.301 e. The first-order chi connectivity index (χ1) is 24.7. The predicted octanol–water partition coefficient (Wildman–Crippen LogP) is 5.92. The molecule has 2 N–H and O–H groups in total. The normalized spacial score (nSPS) is 12.9. The Morgan fingerprint density at radius 1 is 1.04 bits per heavy atom. The summed E-state index contributed by atoms with van der Waals surface area (Å²) >= 11 is 0. The average molecular weight is 744 g/mol. The number of para-hydroxylation sites is 1. The van der Waals surface area contributed by atoms with Crippen molar-refractivity contribution >= 4 is 46.3 Å². The second kappa shape index (κ2) is 14.5. The molecular weight excluding hydrogens is 699 g/mol. The molecular formula is C36H45N9O5SSi. The standard InChI is InChI=1S/C36H45N9O5SSi/c1-24-14-15-44-32(24)36(46)45(28-12-10-9-11-13-28)34(40-44)25(2)39-33-31-30(21-43(35(31)38-22-37-33)23-50-16-17-52(6,7)8)26-18-27(20-29(19-26)49-5)41-51(47,48)42(3)4/h9-15,18-22,25,41H,16-17,23H2,1-8H3,(H,37,38,39)/t25-/m0/s1. The number of fused-ring (bicyclic) bond motifs is 2. The third-order valence-electron chi connectivity index (χ3n) is 8.73. The first-order valence-electron chi connectivity index (χ1n) is 16.9. The van der Waals surface area contributed by atoms with Crippen molar-refractivity contribution in [3.8, 4) is 22.6 Å². The van der Waals surface area contributed by atoms with Gasteiger partial charge in [-0.1, -0.05) is 37.8 Å². The number of aryl methyl sites for hydroxylation is 1. The highest BCUT2D eigenvalue weighted by molar-refractivity contribution is 7.90. The molecule has 0 saturated heterocycles. The molecule has 0 unspecified atom stereocenters. The summed E-state index contributed by atoms with van der Waals surface area (Å²) in [6.45, 7) is 11.6. The fourth-order valence-electron chi connectivity index (χ4n) is 5.87. The van der Waals surface area contributed by atoms with Gasteiger partial charge in [0, 0.05) is 52.8 Å². The van der Waals surface area contributed by atoms with Gasteiger partial charge in [0.25, 0.3) is 5.56 Å². The third-order valence-corrected chi connectivity index (χ3v) is 11.9. The lowest BCUT2D eigenvalue weighted by Crippen LogP contribution is -2.29. The molecule has 1 atom stereocenters. The number of nitrogens with one attached hydrogen (secondary N) is 2. The quantitative estimate of drug-likeness (QED) is 0.102. The largest absolute Gasteiger partial charge is 0.497 e. The Morgan fingerprint density at radius 2 is 1.79 bits per heavy atom. The van der Waals surface area contributed by atoms with Gasteiger partial charge in [0.05, 0.1) is 29.9 Å². The maximum atomic E-state index is 14.0. The Hall–Kier alpha value is -5.03. The second-order valence-corrected chi connectivity index (χ2v) is 21.6. The summed E-state index contributed by atoms with van der Waals surface area (Å²) in [7, 11) is -0.695. The van der Waals surface area contributed by atoms with Crippen LogP contribution < -0.4 is 20.3 Å². The van der Waals surface area contributed by atoms with Crippen molar-refractivity contribution in [2.45, 2.75) is 52.3 Å². The number of nitrogens with zero attached hydrogens (tertiary/aromatic N) is 7. The number of rotatable bonds is 14. The highest BCUT2D eigenvalue weighted by Gasteiger charge is 2.24. The molecule has 0 saturated carbocycles. The number of aromatic nitrogens is 6. The summed E-state index contributed by atoms with van der Waals surface area (Å²) < 4.78 is 46.3. The van der Waals surface area contributed by atoms with Gasteiger partial charge in [-0.15, -0.1) is 0 Å². The average Bonchev–Trinajstić information content (AvgIpc) is 3.67. The summed E-state index contributed by atoms with van der Waals surface area (Å²) in [5, 5.41) is 9.12. The van der Waals surface area contributed by atoms with Crippen molar-refractivity contribution in [1.29, 1.82) is 0 Å². The van der Waals surface area contributed by atoms with Crippen LogP contribution in [-0.2, 0) is 21.7 Å². The molecule has 2 aromatic carbocycles. The molecule has 6 rings (SSSR count). The van der Waals surface area contributed by atoms with E-state index in [0.29, 0.717) is 63.1 Å². The molecule has 0 amide bonds. The van der Waals surface area contributed by atoms with Gasteiger partial charge >= 0.3 is 10.2 Å². The van der Waals surface area contributed by atoms with Crippen LogP contribution in [0, 0.1) is 6.92 Å². The van der Waals surface area contributed by atoms with Gasteiger partial charge < -0.3 is 19.4 Å². The third kappa shape index (κ3) is 7.60. The van der Waals surface area contributed by atoms with Crippen LogP contribution in [0.3, 0.4) is 0 Å². The van der Waals surface area contributed by atoms with Gasteiger partial charge in [0.1, 0.15) is 35.8 Å². The van der Waals surface area contributed by atoms with Crippen LogP contribution in [0.5, 0.6) is 5.75 Å². The molecule has 52 heavy (non-hydrogen) atoms. The smallest absolute Gasteiger partial charge is 0.301 e. The molecule has 0 radical (unpaired) electrons. The summed E-state index contributed by atoms with van der Waals surface area (Å²) in [5.74, 6) is 1.42. The number of hydrogen-bond donors (Lipinski definition) is 2. The highest BCUT2D eigenvalue weighted by Crippen LogP contribution is 2.38. The maximum absolute atomic E-state index is 14.0. The fourth-order valence-corrected chi connectivity index (χ4v) is 7.23. The minimum Gasteiger partial charge on any atom is -0.497 e. The summed E-state index contributed by atoms with van der Waals surface area (Å²) in [6, 6.07) is 17.0. The van der Waals surface area contributed by atoms with Crippen LogP contribution in [0.2, 0.25) is 25.7 Å². The van der Waals surface area contributed by atoms with Crippen LogP contribution in [0.4, 0.5) is 11.5 Å². The van der Waals surface area contributed by atoms with Gasteiger partial charge in [-0.2, -0.15) is 17.8 Å². The van der Waals surface area contributed by atoms with E-state index in [1.165, 1.54) is 27.5 Å². The Bertz CT molecular complexity index is 2400. The Labute approximate surface area is 304 Å². The van der Waals surface area contributed by atoms with E-state index in [9.17, 15) is 13.2 Å². The van der Waals surface area contributed by atoms with E-state index >= 15 is 0 Å². The van der Waals surface area contributed by atoms with Crippen LogP contribution in [0.25, 0.3) is 33.4 Å². The van der Waals surface area contributed by atoms with Gasteiger partial charge in [-0.25, -0.2) is 14.5 Å². The topological polar surface area (TPSA) is 150 Å². The van der Waals surface area contributed by atoms with Crippen molar-refractivity contribution in [1.82, 2.24) is 33.0 Å². The van der Waals surface area contributed by atoms with Crippen molar-refractivity contribution < 1.29 is 17.9 Å². The summed E-state index contributed by atoms with van der Waals surface area (Å²) in [4.78, 5) is 23.4. The van der Waals surface area contributed by atoms with Gasteiger partial charge in [0.15, 0.2) is 5.82 Å². The van der Waals surface area contributed by atoms with Crippen molar-refractivity contribution in [3.63, 3.8) is 0 Å². The van der Waals surface area contributed by atoms with E-state index in [2.05, 4.69) is 34.7 Å². The highest BCUT2D eigenvalue weighted by atomic mass is 32.2. The molecule has 14 nitrogen and oxygen atoms in total. The molecule has 274 valence electrons. The minimum absolute atomic E-state index is 0.188. The molecule has 0 spiro atoms. The van der Waals surface area contributed by atoms with Crippen molar-refractivity contribution in [2.75, 3.05) is 37.9 Å². The molecule has 0 fully saturated rings. The number of hydrogen-bond acceptors (Lipinski definition) is 9. The Kier molecular flexibility index (Phi) is 10.3. The lowest BCUT2D eigenvalue weighted by Gasteiger charge is -2.20. The molecule has 4 heterocycles. The van der Waals surface area contributed by atoms with Crippen molar-refractivity contribution in [2.24, 2.45) is 0 Å². The molecule has 16 heteroatoms. The van der Waals surface area contributed by atoms with Crippen LogP contribution in [-0.4, -0.2) is 77.3 Å². The minimum atomic E-state index is -3.81. The molecule has 0 aliphatic heterocycles. The Morgan fingerprint density at radius 3 is 2.48 bits per heavy atom. The second-order valence-electron chi connectivity index (χ2n) is 14.1. The monoisotopic (exact) mass is 743 g/mol. The van der Waals surface area contributed by atoms with Gasteiger partial charge in [-0.3, -0.25) is 14.1 Å². The van der Waals surface area contributed by atoms with Crippen molar-refractivity contribution in [3.05, 3.63) is 95.1 Å². The Balaban J connectivity index is 1.49. The van der Waals surface area contributed by atoms with E-state index in [4.69, 9.17) is 19.6 Å². The number of methoxy groups -OCH3 is 1. The molecule has 0 bridgehead atoms. The lowest BCUT2D eigenvalue weighted by atomic mass is 10.0. The number of benzene rings is 2. The van der Waals surface area contributed by atoms with E-state index in [0.717, 1.165) is 15.9 Å². The van der Waals surface area contributed by atoms with E-state index in [1.54, 1.807) is 27.4 Å². The molecule has 0 aliphatic rings. The van der Waals surface area contributed by atoms with E-state index in [1.807, 2.05) is 67.1 Å². The summed E-state index contributed by atoms with van der Waals surface area (Å²) in [5.41, 5.74) is 4.13. The zero-order valence-corrected chi connectivity index (χ0v) is 32.5. The lowest BCUT2D eigenvalue weighted by molar-refractivity contribution is 0.0899. The van der Waals surface area contributed by atoms with Crippen LogP contribution in [0.15, 0.2) is 78.1 Å². The van der Waals surface area contributed by atoms with Crippen LogP contribution >= 0.6 is 0 Å². The van der Waals surface area contributed by atoms with E-state index in [-0.39, 0.29) is 12.3 Å². The van der Waals surface area contributed by atoms with E-state index < -0.39 is 24.3 Å². The first-order valence-corrected chi connectivity index (χ1v) is 22.1. The number of anilines is 2. The summed E-state index contributed by atoms with van der Waals surface area (Å²) in [6.07, 6.45) is 5.19. The molecule has 0 aliphatic carbocycles. The van der Waals surface area contributed by atoms with Crippen LogP contribution in [0.1, 0.15) is 24.4 Å². The fraction of sp³-hybridized carbons (Fsp3) is 0.333. The van der Waals surface area contributed by atoms with Gasteiger partial charge in [-0.05, 0) is 61.4 Å². The zero-order valence-electron chi connectivity index (χ0n) is 30.7. The SMILES string of the molecule is COc1cc(NS(=O)(=O)N(C)C)cc(-c2cn(COCC[Si](C)(C)C)c3ncnc(N[C@@H](C)c4nn5ccc(C)c5c(=O)n4-c4ccccc4)c23)c1. The first kappa shape index (κ1) is 36.7. The molecule has 6 aromatic rings. The molecule has 4 aromatic heterocycles. The zero-order chi connectivity index (χ0) is 37.4.